The van der Waals surface area contributed by atoms with Crippen molar-refractivity contribution in [1.29, 1.82) is 0 Å². The van der Waals surface area contributed by atoms with Crippen LogP contribution in [0.3, 0.4) is 0 Å². The molecule has 2 aromatic rings. The van der Waals surface area contributed by atoms with E-state index < -0.39 is 29.4 Å². The first-order valence-electron chi connectivity index (χ1n) is 7.85. The van der Waals surface area contributed by atoms with Gasteiger partial charge in [-0.15, -0.1) is 0 Å². The minimum atomic E-state index is -1.11. The summed E-state index contributed by atoms with van der Waals surface area (Å²) in [5.41, 5.74) is -0.844. The number of hydrogen-bond donors (Lipinski definition) is 1. The highest BCUT2D eigenvalue weighted by atomic mass is 16.6. The number of carbonyl (C=O) groups is 1. The molecular formula is C18H20O6. The molecule has 6 heteroatoms. The predicted octanol–water partition coefficient (Wildman–Crippen LogP) is 2.57. The zero-order valence-corrected chi connectivity index (χ0v) is 14.0. The van der Waals surface area contributed by atoms with Gasteiger partial charge in [0.2, 0.25) is 0 Å². The van der Waals surface area contributed by atoms with E-state index in [1.807, 2.05) is 0 Å². The topological polar surface area (TPSA) is 86.0 Å². The second kappa shape index (κ2) is 5.63. The molecule has 0 saturated heterocycles. The Balaban J connectivity index is 2.23. The highest BCUT2D eigenvalue weighted by Crippen LogP contribution is 2.45. The Morgan fingerprint density at radius 3 is 2.58 bits per heavy atom. The van der Waals surface area contributed by atoms with Crippen molar-refractivity contribution >= 4 is 16.9 Å². The van der Waals surface area contributed by atoms with E-state index in [9.17, 15) is 14.7 Å². The van der Waals surface area contributed by atoms with Gasteiger partial charge in [-0.25, -0.2) is 4.79 Å². The van der Waals surface area contributed by atoms with Crippen LogP contribution in [-0.4, -0.2) is 22.8 Å². The summed E-state index contributed by atoms with van der Waals surface area (Å²) in [6, 6.07) is 6.41. The van der Waals surface area contributed by atoms with Gasteiger partial charge >= 0.3 is 11.6 Å². The Morgan fingerprint density at radius 2 is 1.92 bits per heavy atom. The van der Waals surface area contributed by atoms with Crippen molar-refractivity contribution in [3.05, 3.63) is 40.2 Å². The van der Waals surface area contributed by atoms with Crippen molar-refractivity contribution in [1.82, 2.24) is 0 Å². The van der Waals surface area contributed by atoms with Crippen molar-refractivity contribution in [3.8, 4) is 5.75 Å². The molecule has 128 valence electrons. The Morgan fingerprint density at radius 1 is 1.25 bits per heavy atom. The molecule has 0 spiro atoms. The third-order valence-corrected chi connectivity index (χ3v) is 4.16. The van der Waals surface area contributed by atoms with E-state index in [1.165, 1.54) is 6.07 Å². The molecule has 0 amide bonds. The van der Waals surface area contributed by atoms with E-state index in [0.717, 1.165) is 0 Å². The molecule has 2 atom stereocenters. The summed E-state index contributed by atoms with van der Waals surface area (Å²) in [5.74, 6) is -0.375. The largest absolute Gasteiger partial charge is 0.484 e. The van der Waals surface area contributed by atoms with Crippen molar-refractivity contribution in [2.45, 2.75) is 45.5 Å². The van der Waals surface area contributed by atoms with Crippen LogP contribution in [0.1, 0.15) is 39.4 Å². The first kappa shape index (κ1) is 16.5. The van der Waals surface area contributed by atoms with Gasteiger partial charge in [0, 0.05) is 11.5 Å². The highest BCUT2D eigenvalue weighted by Gasteiger charge is 2.46. The van der Waals surface area contributed by atoms with Crippen molar-refractivity contribution in [2.75, 3.05) is 0 Å². The first-order valence-corrected chi connectivity index (χ1v) is 7.85. The van der Waals surface area contributed by atoms with Crippen LogP contribution >= 0.6 is 0 Å². The maximum absolute atomic E-state index is 12.1. The monoisotopic (exact) mass is 332 g/mol. The van der Waals surface area contributed by atoms with E-state index in [2.05, 4.69) is 0 Å². The Hall–Kier alpha value is -2.34. The summed E-state index contributed by atoms with van der Waals surface area (Å²) in [7, 11) is 0. The van der Waals surface area contributed by atoms with E-state index in [1.54, 1.807) is 45.9 Å². The minimum absolute atomic E-state index is 0.260. The average molecular weight is 332 g/mol. The van der Waals surface area contributed by atoms with Crippen LogP contribution in [0.15, 0.2) is 33.5 Å². The number of hydrogen-bond acceptors (Lipinski definition) is 6. The van der Waals surface area contributed by atoms with E-state index in [-0.39, 0.29) is 11.5 Å². The van der Waals surface area contributed by atoms with Crippen LogP contribution in [0.5, 0.6) is 5.75 Å². The quantitative estimate of drug-likeness (QED) is 0.672. The molecule has 3 rings (SSSR count). The number of fused-ring (bicyclic) bond motifs is 3. The molecule has 1 aromatic heterocycles. The van der Waals surface area contributed by atoms with Gasteiger partial charge in [-0.05, 0) is 32.0 Å². The second-order valence-electron chi connectivity index (χ2n) is 6.81. The van der Waals surface area contributed by atoms with Crippen LogP contribution in [0, 0.1) is 5.92 Å². The summed E-state index contributed by atoms with van der Waals surface area (Å²) >= 11 is 0. The van der Waals surface area contributed by atoms with Gasteiger partial charge in [0.1, 0.15) is 23.0 Å². The molecule has 24 heavy (non-hydrogen) atoms. The molecule has 0 fully saturated rings. The molecule has 1 aliphatic heterocycles. The summed E-state index contributed by atoms with van der Waals surface area (Å²) in [4.78, 5) is 23.8. The standard InChI is InChI=1S/C18H20O6/c1-9(2)17(21)23-15-13-11(24-18(3,4)16(15)20)7-5-10-6-8-12(19)22-14(10)13/h5-9,15-16,20H,1-4H3/t15-,16-/m1/s1. The highest BCUT2D eigenvalue weighted by molar-refractivity contribution is 5.83. The van der Waals surface area contributed by atoms with Gasteiger partial charge in [-0.2, -0.15) is 0 Å². The molecule has 1 aromatic carbocycles. The lowest BCUT2D eigenvalue weighted by Gasteiger charge is -2.41. The summed E-state index contributed by atoms with van der Waals surface area (Å²) < 4.78 is 16.7. The molecule has 0 unspecified atom stereocenters. The van der Waals surface area contributed by atoms with Crippen LogP contribution in [0.2, 0.25) is 0 Å². The third-order valence-electron chi connectivity index (χ3n) is 4.16. The summed E-state index contributed by atoms with van der Waals surface area (Å²) in [6.45, 7) is 6.84. The maximum Gasteiger partial charge on any atom is 0.336 e. The Bertz CT molecular complexity index is 848. The van der Waals surface area contributed by atoms with Crippen LogP contribution in [0.25, 0.3) is 11.0 Å². The number of aliphatic hydroxyl groups excluding tert-OH is 1. The smallest absolute Gasteiger partial charge is 0.336 e. The zero-order chi connectivity index (χ0) is 17.6. The van der Waals surface area contributed by atoms with Gasteiger partial charge < -0.3 is 19.0 Å². The number of aliphatic hydroxyl groups is 1. The first-order chi connectivity index (χ1) is 11.2. The molecule has 0 bridgehead atoms. The van der Waals surface area contributed by atoms with Crippen molar-refractivity contribution in [2.24, 2.45) is 5.92 Å². The van der Waals surface area contributed by atoms with Gasteiger partial charge in [0.25, 0.3) is 0 Å². The third kappa shape index (κ3) is 2.67. The molecular weight excluding hydrogens is 312 g/mol. The molecule has 0 saturated carbocycles. The van der Waals surface area contributed by atoms with Crippen LogP contribution in [0.4, 0.5) is 0 Å². The lowest BCUT2D eigenvalue weighted by atomic mass is 9.87. The number of carbonyl (C=O) groups excluding carboxylic acids is 1. The normalized spacial score (nSPS) is 22.1. The van der Waals surface area contributed by atoms with E-state index in [0.29, 0.717) is 16.7 Å². The van der Waals surface area contributed by atoms with Gasteiger partial charge in [0.05, 0.1) is 11.5 Å². The fourth-order valence-electron chi connectivity index (χ4n) is 2.75. The number of ether oxygens (including phenoxy) is 2. The van der Waals surface area contributed by atoms with E-state index >= 15 is 0 Å². The second-order valence-corrected chi connectivity index (χ2v) is 6.81. The minimum Gasteiger partial charge on any atom is -0.484 e. The fourth-order valence-corrected chi connectivity index (χ4v) is 2.75. The number of benzene rings is 1. The van der Waals surface area contributed by atoms with Crippen LogP contribution in [-0.2, 0) is 9.53 Å². The summed E-state index contributed by atoms with van der Waals surface area (Å²) in [6.07, 6.45) is -2.09. The lowest BCUT2D eigenvalue weighted by Crippen LogP contribution is -2.50. The number of esters is 1. The number of rotatable bonds is 2. The fraction of sp³-hybridized carbons (Fsp3) is 0.444. The zero-order valence-electron chi connectivity index (χ0n) is 14.0. The lowest BCUT2D eigenvalue weighted by molar-refractivity contribution is -0.173. The summed E-state index contributed by atoms with van der Waals surface area (Å²) in [5, 5.41) is 11.3. The average Bonchev–Trinajstić information content (AvgIpc) is 2.50. The van der Waals surface area contributed by atoms with Crippen molar-refractivity contribution in [3.63, 3.8) is 0 Å². The van der Waals surface area contributed by atoms with Gasteiger partial charge in [-0.3, -0.25) is 4.79 Å². The van der Waals surface area contributed by atoms with Crippen LogP contribution < -0.4 is 10.4 Å². The molecule has 2 heterocycles. The molecule has 0 radical (unpaired) electrons. The molecule has 6 nitrogen and oxygen atoms in total. The molecule has 1 aliphatic rings. The molecule has 0 aliphatic carbocycles. The molecule has 1 N–H and O–H groups in total. The van der Waals surface area contributed by atoms with E-state index in [4.69, 9.17) is 13.9 Å². The maximum atomic E-state index is 12.1. The van der Waals surface area contributed by atoms with Crippen molar-refractivity contribution < 1.29 is 23.8 Å². The van der Waals surface area contributed by atoms with Gasteiger partial charge in [0.15, 0.2) is 6.10 Å². The Kier molecular flexibility index (Phi) is 3.87. The SMILES string of the molecule is CC(C)C(=O)O[C@@H]1c2c(ccc3ccc(=O)oc23)OC(C)(C)[C@@H]1O. The predicted molar refractivity (Wildman–Crippen MR) is 86.9 cm³/mol. The Labute approximate surface area is 139 Å². The van der Waals surface area contributed by atoms with Gasteiger partial charge in [-0.1, -0.05) is 13.8 Å².